The summed E-state index contributed by atoms with van der Waals surface area (Å²) in [5.41, 5.74) is 3.46. The molecule has 0 saturated heterocycles. The van der Waals surface area contributed by atoms with Gasteiger partial charge in [-0.05, 0) is 35.9 Å². The van der Waals surface area contributed by atoms with Crippen molar-refractivity contribution in [2.45, 2.75) is 6.92 Å². The minimum atomic E-state index is -0.445. The third-order valence-electron chi connectivity index (χ3n) is 3.31. The number of hydrogen-bond acceptors (Lipinski definition) is 6. The number of nitrogens with one attached hydrogen (secondary N) is 1. The summed E-state index contributed by atoms with van der Waals surface area (Å²) in [6, 6.07) is 11.7. The number of methoxy groups -OCH3 is 1. The van der Waals surface area contributed by atoms with E-state index in [0.29, 0.717) is 35.0 Å². The summed E-state index contributed by atoms with van der Waals surface area (Å²) in [6.45, 7) is 5.18. The Balaban J connectivity index is 2.08. The van der Waals surface area contributed by atoms with Gasteiger partial charge in [-0.25, -0.2) is 5.43 Å². The van der Waals surface area contributed by atoms with Crippen molar-refractivity contribution >= 4 is 18.1 Å². The van der Waals surface area contributed by atoms with Crippen molar-refractivity contribution in [2.75, 3.05) is 13.7 Å². The molecule has 2 aromatic carbocycles. The molecule has 1 N–H and O–H groups in total. The molecule has 7 nitrogen and oxygen atoms in total. The highest BCUT2D eigenvalue weighted by molar-refractivity contribution is 5.97. The van der Waals surface area contributed by atoms with Gasteiger partial charge >= 0.3 is 5.97 Å². The molecule has 0 spiro atoms. The normalized spacial score (nSPS) is 10.3. The van der Waals surface area contributed by atoms with Gasteiger partial charge in [-0.1, -0.05) is 24.8 Å². The van der Waals surface area contributed by atoms with E-state index in [1.807, 2.05) is 0 Å². The van der Waals surface area contributed by atoms with E-state index in [1.54, 1.807) is 48.5 Å². The van der Waals surface area contributed by atoms with Gasteiger partial charge < -0.3 is 14.2 Å². The summed E-state index contributed by atoms with van der Waals surface area (Å²) in [4.78, 5) is 23.4. The van der Waals surface area contributed by atoms with Gasteiger partial charge in [0.1, 0.15) is 12.4 Å². The molecule has 2 rings (SSSR count). The average molecular weight is 368 g/mol. The van der Waals surface area contributed by atoms with Crippen LogP contribution < -0.4 is 19.6 Å². The highest BCUT2D eigenvalue weighted by atomic mass is 16.6. The molecule has 0 fully saturated rings. The molecule has 0 bridgehead atoms. The fourth-order valence-corrected chi connectivity index (χ4v) is 2.16. The predicted molar refractivity (Wildman–Crippen MR) is 101 cm³/mol. The van der Waals surface area contributed by atoms with Crippen molar-refractivity contribution in [3.63, 3.8) is 0 Å². The van der Waals surface area contributed by atoms with Crippen LogP contribution in [0.1, 0.15) is 22.8 Å². The Labute approximate surface area is 157 Å². The molecule has 7 heteroatoms. The molecule has 27 heavy (non-hydrogen) atoms. The Morgan fingerprint density at radius 1 is 1.15 bits per heavy atom. The predicted octanol–water partition coefficient (Wildman–Crippen LogP) is 2.95. The maximum atomic E-state index is 12.3. The number of para-hydroxylation sites is 1. The van der Waals surface area contributed by atoms with Gasteiger partial charge in [-0.15, -0.1) is 0 Å². The van der Waals surface area contributed by atoms with Gasteiger partial charge in [0.15, 0.2) is 11.5 Å². The first-order valence-electron chi connectivity index (χ1n) is 8.07. The summed E-state index contributed by atoms with van der Waals surface area (Å²) >= 11 is 0. The third-order valence-corrected chi connectivity index (χ3v) is 3.31. The second-order valence-electron chi connectivity index (χ2n) is 5.30. The number of rotatable bonds is 8. The van der Waals surface area contributed by atoms with Crippen LogP contribution in [0.3, 0.4) is 0 Å². The molecule has 0 aliphatic carbocycles. The minimum Gasteiger partial charge on any atom is -0.493 e. The molecular weight excluding hydrogens is 348 g/mol. The summed E-state index contributed by atoms with van der Waals surface area (Å²) in [5, 5.41) is 3.94. The van der Waals surface area contributed by atoms with Crippen LogP contribution in [0.25, 0.3) is 0 Å². The zero-order chi connectivity index (χ0) is 19.6. The Hall–Kier alpha value is -3.61. The lowest BCUT2D eigenvalue weighted by molar-refractivity contribution is -0.132. The van der Waals surface area contributed by atoms with E-state index in [2.05, 4.69) is 17.1 Å². The van der Waals surface area contributed by atoms with E-state index >= 15 is 0 Å². The molecular formula is C20H20N2O5. The minimum absolute atomic E-state index is 0.294. The van der Waals surface area contributed by atoms with Gasteiger partial charge in [-0.3, -0.25) is 9.59 Å². The summed E-state index contributed by atoms with van der Waals surface area (Å²) in [6.07, 6.45) is 3.05. The van der Waals surface area contributed by atoms with Crippen molar-refractivity contribution in [1.82, 2.24) is 5.43 Å². The first kappa shape index (κ1) is 19.7. The lowest BCUT2D eigenvalue weighted by Gasteiger charge is -2.09. The van der Waals surface area contributed by atoms with Crippen LogP contribution >= 0.6 is 0 Å². The van der Waals surface area contributed by atoms with Crippen molar-refractivity contribution in [1.29, 1.82) is 0 Å². The molecule has 0 saturated carbocycles. The Morgan fingerprint density at radius 3 is 2.63 bits per heavy atom. The monoisotopic (exact) mass is 368 g/mol. The van der Waals surface area contributed by atoms with E-state index in [9.17, 15) is 9.59 Å². The Kier molecular flexibility index (Phi) is 7.13. The van der Waals surface area contributed by atoms with Crippen molar-refractivity contribution in [3.05, 3.63) is 66.2 Å². The van der Waals surface area contributed by atoms with Crippen LogP contribution in [0, 0.1) is 0 Å². The first-order chi connectivity index (χ1) is 13.0. The van der Waals surface area contributed by atoms with Crippen molar-refractivity contribution < 1.29 is 23.8 Å². The summed E-state index contributed by atoms with van der Waals surface area (Å²) in [7, 11) is 1.46. The number of ether oxygens (including phenoxy) is 3. The summed E-state index contributed by atoms with van der Waals surface area (Å²) < 4.78 is 15.7. The number of hydrogen-bond donors (Lipinski definition) is 1. The molecule has 0 radical (unpaired) electrons. The van der Waals surface area contributed by atoms with Crippen LogP contribution in [0.5, 0.6) is 17.2 Å². The highest BCUT2D eigenvalue weighted by Crippen LogP contribution is 2.27. The standard InChI is InChI=1S/C20H20N2O5/c1-4-11-26-17-8-6-5-7-16(17)20(24)22-21-13-15-9-10-18(27-14(2)23)19(12-15)25-3/h4-10,12-13H,1,11H2,2-3H3,(H,22,24)/b21-13+. The number of carbonyl (C=O) groups excluding carboxylic acids is 2. The van der Waals surface area contributed by atoms with E-state index in [-0.39, 0.29) is 0 Å². The van der Waals surface area contributed by atoms with Crippen LogP contribution in [-0.4, -0.2) is 31.8 Å². The fraction of sp³-hybridized carbons (Fsp3) is 0.150. The number of carbonyl (C=O) groups is 2. The quantitative estimate of drug-likeness (QED) is 0.255. The molecule has 0 heterocycles. The van der Waals surface area contributed by atoms with Crippen LogP contribution in [0.2, 0.25) is 0 Å². The molecule has 0 atom stereocenters. The smallest absolute Gasteiger partial charge is 0.308 e. The Morgan fingerprint density at radius 2 is 1.93 bits per heavy atom. The topological polar surface area (TPSA) is 86.2 Å². The van der Waals surface area contributed by atoms with E-state index in [4.69, 9.17) is 14.2 Å². The molecule has 0 unspecified atom stereocenters. The zero-order valence-corrected chi connectivity index (χ0v) is 15.1. The average Bonchev–Trinajstić information content (AvgIpc) is 2.67. The molecule has 0 aliphatic heterocycles. The number of benzene rings is 2. The molecule has 140 valence electrons. The Bertz CT molecular complexity index is 861. The zero-order valence-electron chi connectivity index (χ0n) is 15.1. The molecule has 0 aliphatic rings. The van der Waals surface area contributed by atoms with Crippen molar-refractivity contribution in [3.8, 4) is 17.2 Å². The van der Waals surface area contributed by atoms with Gasteiger partial charge in [0.05, 0.1) is 18.9 Å². The lowest BCUT2D eigenvalue weighted by Crippen LogP contribution is -2.18. The second kappa shape index (κ2) is 9.76. The van der Waals surface area contributed by atoms with E-state index in [1.165, 1.54) is 20.2 Å². The van der Waals surface area contributed by atoms with Crippen LogP contribution in [0.15, 0.2) is 60.2 Å². The molecule has 1 amide bonds. The molecule has 0 aromatic heterocycles. The van der Waals surface area contributed by atoms with Gasteiger partial charge in [0, 0.05) is 6.92 Å². The number of nitrogens with zero attached hydrogens (tertiary/aromatic N) is 1. The van der Waals surface area contributed by atoms with E-state index < -0.39 is 11.9 Å². The van der Waals surface area contributed by atoms with Crippen molar-refractivity contribution in [2.24, 2.45) is 5.10 Å². The van der Waals surface area contributed by atoms with E-state index in [0.717, 1.165) is 0 Å². The summed E-state index contributed by atoms with van der Waals surface area (Å²) in [5.74, 6) is 0.273. The number of amides is 1. The maximum Gasteiger partial charge on any atom is 0.308 e. The highest BCUT2D eigenvalue weighted by Gasteiger charge is 2.11. The molecule has 2 aromatic rings. The van der Waals surface area contributed by atoms with Gasteiger partial charge in [0.25, 0.3) is 5.91 Å². The fourth-order valence-electron chi connectivity index (χ4n) is 2.16. The SMILES string of the molecule is C=CCOc1ccccc1C(=O)N/N=C/c1ccc(OC(C)=O)c(OC)c1. The van der Waals surface area contributed by atoms with Crippen LogP contribution in [-0.2, 0) is 4.79 Å². The number of hydrazone groups is 1. The largest absolute Gasteiger partial charge is 0.493 e. The van der Waals surface area contributed by atoms with Crippen LogP contribution in [0.4, 0.5) is 0 Å². The number of esters is 1. The third kappa shape index (κ3) is 5.71. The maximum absolute atomic E-state index is 12.3. The first-order valence-corrected chi connectivity index (χ1v) is 8.07. The lowest BCUT2D eigenvalue weighted by atomic mass is 10.2. The van der Waals surface area contributed by atoms with Gasteiger partial charge in [-0.2, -0.15) is 5.10 Å². The second-order valence-corrected chi connectivity index (χ2v) is 5.30. The van der Waals surface area contributed by atoms with Gasteiger partial charge in [0.2, 0.25) is 0 Å².